The fourth-order valence-corrected chi connectivity index (χ4v) is 1.48. The standard InChI is InChI=1S/C10H10S2/c1-2-5-8-6-3-4-7-9(8)10(11)12/h2-4,6-7H,1,5H2,(H,11,12). The zero-order chi connectivity index (χ0) is 8.97. The summed E-state index contributed by atoms with van der Waals surface area (Å²) in [5, 5.41) is 0. The van der Waals surface area contributed by atoms with E-state index in [1.807, 2.05) is 30.3 Å². The van der Waals surface area contributed by atoms with E-state index in [9.17, 15) is 0 Å². The first-order valence-corrected chi connectivity index (χ1v) is 4.53. The molecule has 0 saturated heterocycles. The van der Waals surface area contributed by atoms with Crippen molar-refractivity contribution in [1.29, 1.82) is 0 Å². The Labute approximate surface area is 83.7 Å². The average molecular weight is 194 g/mol. The number of allylic oxidation sites excluding steroid dienone is 1. The molecule has 1 aromatic carbocycles. The molecule has 0 aliphatic carbocycles. The minimum atomic E-state index is 0.646. The molecule has 62 valence electrons. The smallest absolute Gasteiger partial charge is 0.0750 e. The molecule has 0 aromatic heterocycles. The van der Waals surface area contributed by atoms with Crippen LogP contribution in [0.25, 0.3) is 0 Å². The number of benzene rings is 1. The molecule has 0 amide bonds. The molecule has 0 aliphatic heterocycles. The Morgan fingerprint density at radius 1 is 1.50 bits per heavy atom. The number of thiol groups is 1. The van der Waals surface area contributed by atoms with Crippen molar-refractivity contribution in [2.24, 2.45) is 0 Å². The van der Waals surface area contributed by atoms with E-state index in [1.165, 1.54) is 5.56 Å². The highest BCUT2D eigenvalue weighted by atomic mass is 32.1. The zero-order valence-electron chi connectivity index (χ0n) is 6.66. The van der Waals surface area contributed by atoms with E-state index in [0.717, 1.165) is 12.0 Å². The van der Waals surface area contributed by atoms with Gasteiger partial charge in [-0.1, -0.05) is 42.6 Å². The van der Waals surface area contributed by atoms with Gasteiger partial charge in [0, 0.05) is 5.56 Å². The largest absolute Gasteiger partial charge is 0.131 e. The van der Waals surface area contributed by atoms with E-state index >= 15 is 0 Å². The summed E-state index contributed by atoms with van der Waals surface area (Å²) in [6.45, 7) is 3.69. The summed E-state index contributed by atoms with van der Waals surface area (Å²) in [7, 11) is 0. The topological polar surface area (TPSA) is 0 Å². The molecule has 0 fully saturated rings. The van der Waals surface area contributed by atoms with Crippen molar-refractivity contribution in [1.82, 2.24) is 0 Å². The Morgan fingerprint density at radius 2 is 2.17 bits per heavy atom. The second-order valence-electron chi connectivity index (χ2n) is 2.46. The van der Waals surface area contributed by atoms with E-state index < -0.39 is 0 Å². The molecule has 0 aliphatic rings. The van der Waals surface area contributed by atoms with Crippen molar-refractivity contribution in [3.05, 3.63) is 48.0 Å². The van der Waals surface area contributed by atoms with Crippen LogP contribution in [-0.2, 0) is 6.42 Å². The number of thiocarbonyl (C=S) groups is 1. The van der Waals surface area contributed by atoms with Gasteiger partial charge in [-0.2, -0.15) is 0 Å². The van der Waals surface area contributed by atoms with E-state index in [-0.39, 0.29) is 0 Å². The first-order valence-electron chi connectivity index (χ1n) is 3.68. The van der Waals surface area contributed by atoms with E-state index in [4.69, 9.17) is 12.2 Å². The van der Waals surface area contributed by atoms with Crippen molar-refractivity contribution >= 4 is 29.0 Å². The molecule has 1 rings (SSSR count). The van der Waals surface area contributed by atoms with Gasteiger partial charge in [0.15, 0.2) is 0 Å². The third-order valence-electron chi connectivity index (χ3n) is 1.61. The van der Waals surface area contributed by atoms with Gasteiger partial charge in [0.25, 0.3) is 0 Å². The molecular formula is C10H10S2. The van der Waals surface area contributed by atoms with Crippen LogP contribution in [0, 0.1) is 0 Å². The predicted octanol–water partition coefficient (Wildman–Crippen LogP) is 3.02. The van der Waals surface area contributed by atoms with Gasteiger partial charge in [0.05, 0.1) is 4.20 Å². The van der Waals surface area contributed by atoms with Crippen LogP contribution in [0.2, 0.25) is 0 Å². The molecule has 0 nitrogen and oxygen atoms in total. The maximum absolute atomic E-state index is 4.99. The van der Waals surface area contributed by atoms with Crippen LogP contribution in [0.3, 0.4) is 0 Å². The SMILES string of the molecule is C=CCc1ccccc1C(=S)S. The Bertz CT molecular complexity index is 302. The lowest BCUT2D eigenvalue weighted by Crippen LogP contribution is -1.94. The summed E-state index contributed by atoms with van der Waals surface area (Å²) < 4.78 is 0.646. The summed E-state index contributed by atoms with van der Waals surface area (Å²) in [4.78, 5) is 0. The van der Waals surface area contributed by atoms with E-state index in [1.54, 1.807) is 0 Å². The van der Waals surface area contributed by atoms with E-state index in [2.05, 4.69) is 19.2 Å². The number of hydrogen-bond donors (Lipinski definition) is 1. The third-order valence-corrected chi connectivity index (χ3v) is 2.07. The minimum Gasteiger partial charge on any atom is -0.131 e. The molecular weight excluding hydrogens is 184 g/mol. The van der Waals surface area contributed by atoms with Gasteiger partial charge in [-0.3, -0.25) is 0 Å². The lowest BCUT2D eigenvalue weighted by molar-refractivity contribution is 1.27. The summed E-state index contributed by atoms with van der Waals surface area (Å²) in [5.41, 5.74) is 2.23. The van der Waals surface area contributed by atoms with Gasteiger partial charge in [0.2, 0.25) is 0 Å². The average Bonchev–Trinajstić information content (AvgIpc) is 2.05. The summed E-state index contributed by atoms with van der Waals surface area (Å²) in [5.74, 6) is 0. The number of hydrogen-bond acceptors (Lipinski definition) is 1. The lowest BCUT2D eigenvalue weighted by atomic mass is 10.1. The number of rotatable bonds is 3. The van der Waals surface area contributed by atoms with Gasteiger partial charge >= 0.3 is 0 Å². The van der Waals surface area contributed by atoms with Crippen LogP contribution >= 0.6 is 24.8 Å². The molecule has 0 N–H and O–H groups in total. The van der Waals surface area contributed by atoms with E-state index in [0.29, 0.717) is 4.20 Å². The van der Waals surface area contributed by atoms with Crippen LogP contribution in [0.4, 0.5) is 0 Å². The highest BCUT2D eigenvalue weighted by molar-refractivity contribution is 8.11. The Kier molecular flexibility index (Phi) is 3.50. The molecule has 0 radical (unpaired) electrons. The van der Waals surface area contributed by atoms with Gasteiger partial charge in [-0.15, -0.1) is 19.2 Å². The Morgan fingerprint density at radius 3 is 2.75 bits per heavy atom. The zero-order valence-corrected chi connectivity index (χ0v) is 8.37. The first-order chi connectivity index (χ1) is 5.75. The Hall–Kier alpha value is -0.600. The lowest BCUT2D eigenvalue weighted by Gasteiger charge is -2.03. The maximum Gasteiger partial charge on any atom is 0.0750 e. The molecule has 0 atom stereocenters. The van der Waals surface area contributed by atoms with Crippen LogP contribution in [-0.4, -0.2) is 4.20 Å². The molecule has 0 bridgehead atoms. The van der Waals surface area contributed by atoms with Crippen LogP contribution < -0.4 is 0 Å². The van der Waals surface area contributed by atoms with Crippen molar-refractivity contribution in [2.75, 3.05) is 0 Å². The predicted molar refractivity (Wildman–Crippen MR) is 61.0 cm³/mol. The molecule has 0 saturated carbocycles. The van der Waals surface area contributed by atoms with Crippen molar-refractivity contribution < 1.29 is 0 Å². The molecule has 0 unspecified atom stereocenters. The quantitative estimate of drug-likeness (QED) is 0.438. The normalized spacial score (nSPS) is 9.42. The molecule has 12 heavy (non-hydrogen) atoms. The molecule has 0 spiro atoms. The van der Waals surface area contributed by atoms with Crippen LogP contribution in [0.15, 0.2) is 36.9 Å². The van der Waals surface area contributed by atoms with Crippen LogP contribution in [0.5, 0.6) is 0 Å². The highest BCUT2D eigenvalue weighted by Gasteiger charge is 2.00. The second kappa shape index (κ2) is 4.43. The Balaban J connectivity index is 3.07. The molecule has 2 heteroatoms. The van der Waals surface area contributed by atoms with Crippen molar-refractivity contribution in [2.45, 2.75) is 6.42 Å². The molecule has 1 aromatic rings. The van der Waals surface area contributed by atoms with Gasteiger partial charge in [0.1, 0.15) is 0 Å². The minimum absolute atomic E-state index is 0.646. The van der Waals surface area contributed by atoms with Gasteiger partial charge < -0.3 is 0 Å². The maximum atomic E-state index is 4.99. The fraction of sp³-hybridized carbons (Fsp3) is 0.100. The second-order valence-corrected chi connectivity index (χ2v) is 3.61. The van der Waals surface area contributed by atoms with Crippen molar-refractivity contribution in [3.8, 4) is 0 Å². The fourth-order valence-electron chi connectivity index (χ4n) is 1.06. The van der Waals surface area contributed by atoms with Crippen LogP contribution in [0.1, 0.15) is 11.1 Å². The summed E-state index contributed by atoms with van der Waals surface area (Å²) >= 11 is 9.14. The summed E-state index contributed by atoms with van der Waals surface area (Å²) in [6.07, 6.45) is 2.71. The van der Waals surface area contributed by atoms with Gasteiger partial charge in [-0.25, -0.2) is 0 Å². The molecule has 0 heterocycles. The van der Waals surface area contributed by atoms with Crippen molar-refractivity contribution in [3.63, 3.8) is 0 Å². The highest BCUT2D eigenvalue weighted by Crippen LogP contribution is 2.12. The summed E-state index contributed by atoms with van der Waals surface area (Å²) in [6, 6.07) is 7.98. The van der Waals surface area contributed by atoms with Gasteiger partial charge in [-0.05, 0) is 12.0 Å². The third kappa shape index (κ3) is 2.19. The monoisotopic (exact) mass is 194 g/mol. The first kappa shape index (κ1) is 9.49.